The maximum atomic E-state index is 12.1. The predicted molar refractivity (Wildman–Crippen MR) is 78.5 cm³/mol. The summed E-state index contributed by atoms with van der Waals surface area (Å²) >= 11 is 0. The van der Waals surface area contributed by atoms with E-state index < -0.39 is 0 Å². The number of hydrogen-bond acceptors (Lipinski definition) is 2. The van der Waals surface area contributed by atoms with Crippen molar-refractivity contribution in [2.75, 3.05) is 12.8 Å². The minimum absolute atomic E-state index is 0.253. The highest BCUT2D eigenvalue weighted by molar-refractivity contribution is 5.75. The van der Waals surface area contributed by atoms with Gasteiger partial charge in [-0.05, 0) is 30.0 Å². The molecule has 1 aliphatic carbocycles. The number of carbonyl (C=O) groups is 1. The Morgan fingerprint density at radius 3 is 2.53 bits per heavy atom. The van der Waals surface area contributed by atoms with Gasteiger partial charge in [0.25, 0.3) is 0 Å². The first-order chi connectivity index (χ1) is 9.15. The smallest absolute Gasteiger partial charge is 0.222 e. The molecule has 0 radical (unpaired) electrons. The highest BCUT2D eigenvalue weighted by Gasteiger charge is 2.17. The fourth-order valence-electron chi connectivity index (χ4n) is 2.80. The third-order valence-corrected chi connectivity index (χ3v) is 4.07. The van der Waals surface area contributed by atoms with Crippen molar-refractivity contribution < 1.29 is 4.79 Å². The van der Waals surface area contributed by atoms with Gasteiger partial charge >= 0.3 is 0 Å². The second-order valence-corrected chi connectivity index (χ2v) is 5.68. The molecule has 0 spiro atoms. The van der Waals surface area contributed by atoms with E-state index in [1.165, 1.54) is 25.7 Å². The summed E-state index contributed by atoms with van der Waals surface area (Å²) in [5, 5.41) is 0. The Bertz CT molecular complexity index is 407. The van der Waals surface area contributed by atoms with E-state index in [9.17, 15) is 4.79 Å². The van der Waals surface area contributed by atoms with E-state index in [0.29, 0.717) is 13.0 Å². The molecule has 1 aromatic rings. The summed E-state index contributed by atoms with van der Waals surface area (Å²) in [5.41, 5.74) is 7.55. The van der Waals surface area contributed by atoms with Gasteiger partial charge in [0.15, 0.2) is 0 Å². The summed E-state index contributed by atoms with van der Waals surface area (Å²) < 4.78 is 0. The Kier molecular flexibility index (Phi) is 4.83. The molecule has 0 aromatic heterocycles. The Balaban J connectivity index is 1.76. The molecule has 1 amide bonds. The van der Waals surface area contributed by atoms with Crippen molar-refractivity contribution in [2.45, 2.75) is 45.1 Å². The van der Waals surface area contributed by atoms with E-state index >= 15 is 0 Å². The van der Waals surface area contributed by atoms with Crippen LogP contribution in [0, 0.1) is 5.92 Å². The monoisotopic (exact) mass is 260 g/mol. The zero-order valence-electron chi connectivity index (χ0n) is 11.8. The Morgan fingerprint density at radius 1 is 1.26 bits per heavy atom. The van der Waals surface area contributed by atoms with Crippen LogP contribution in [0.2, 0.25) is 0 Å². The standard InChI is InChI=1S/C16H24N2O/c1-18(12-14-6-9-15(17)10-7-14)16(19)11-8-13-4-2-3-5-13/h6-7,9-10,13H,2-5,8,11-12,17H2,1H3. The largest absolute Gasteiger partial charge is 0.399 e. The molecule has 1 aromatic carbocycles. The molecule has 2 rings (SSSR count). The van der Waals surface area contributed by atoms with Crippen molar-refractivity contribution >= 4 is 11.6 Å². The molecule has 0 atom stereocenters. The van der Waals surface area contributed by atoms with Gasteiger partial charge in [0.1, 0.15) is 0 Å². The van der Waals surface area contributed by atoms with Crippen LogP contribution in [-0.4, -0.2) is 17.9 Å². The lowest BCUT2D eigenvalue weighted by molar-refractivity contribution is -0.130. The molecular formula is C16H24N2O. The SMILES string of the molecule is CN(Cc1ccc(N)cc1)C(=O)CCC1CCCC1. The Labute approximate surface area is 115 Å². The topological polar surface area (TPSA) is 46.3 Å². The molecule has 3 heteroatoms. The number of anilines is 1. The molecule has 104 valence electrons. The van der Waals surface area contributed by atoms with Crippen molar-refractivity contribution in [2.24, 2.45) is 5.92 Å². The fraction of sp³-hybridized carbons (Fsp3) is 0.562. The Hall–Kier alpha value is -1.51. The second-order valence-electron chi connectivity index (χ2n) is 5.68. The lowest BCUT2D eigenvalue weighted by atomic mass is 10.0. The van der Waals surface area contributed by atoms with Crippen LogP contribution in [-0.2, 0) is 11.3 Å². The van der Waals surface area contributed by atoms with Crippen LogP contribution in [0.5, 0.6) is 0 Å². The fourth-order valence-corrected chi connectivity index (χ4v) is 2.80. The maximum Gasteiger partial charge on any atom is 0.222 e. The number of carbonyl (C=O) groups excluding carboxylic acids is 1. The van der Waals surface area contributed by atoms with Crippen LogP contribution >= 0.6 is 0 Å². The van der Waals surface area contributed by atoms with Crippen molar-refractivity contribution in [1.29, 1.82) is 0 Å². The number of amides is 1. The maximum absolute atomic E-state index is 12.1. The predicted octanol–water partition coefficient (Wildman–Crippen LogP) is 3.20. The molecule has 2 N–H and O–H groups in total. The van der Waals surface area contributed by atoms with Gasteiger partial charge in [-0.3, -0.25) is 4.79 Å². The number of nitrogen functional groups attached to an aromatic ring is 1. The first kappa shape index (κ1) is 13.9. The van der Waals surface area contributed by atoms with Crippen molar-refractivity contribution in [3.8, 4) is 0 Å². The summed E-state index contributed by atoms with van der Waals surface area (Å²) in [5.74, 6) is 1.04. The molecule has 3 nitrogen and oxygen atoms in total. The number of nitrogens with zero attached hydrogens (tertiary/aromatic N) is 1. The highest BCUT2D eigenvalue weighted by atomic mass is 16.2. The number of benzene rings is 1. The number of rotatable bonds is 5. The molecule has 0 saturated heterocycles. The molecule has 1 fully saturated rings. The average molecular weight is 260 g/mol. The van der Waals surface area contributed by atoms with Gasteiger partial charge in [0.05, 0.1) is 0 Å². The van der Waals surface area contributed by atoms with Crippen LogP contribution in [0.1, 0.15) is 44.1 Å². The average Bonchev–Trinajstić information content (AvgIpc) is 2.91. The van der Waals surface area contributed by atoms with E-state index in [1.807, 2.05) is 36.2 Å². The normalized spacial score (nSPS) is 15.6. The third kappa shape index (κ3) is 4.27. The first-order valence-electron chi connectivity index (χ1n) is 7.23. The van der Waals surface area contributed by atoms with E-state index in [-0.39, 0.29) is 5.91 Å². The summed E-state index contributed by atoms with van der Waals surface area (Å²) in [4.78, 5) is 13.9. The van der Waals surface area contributed by atoms with Crippen LogP contribution in [0.15, 0.2) is 24.3 Å². The Morgan fingerprint density at radius 2 is 1.89 bits per heavy atom. The lowest BCUT2D eigenvalue weighted by Crippen LogP contribution is -2.26. The molecule has 19 heavy (non-hydrogen) atoms. The molecule has 1 saturated carbocycles. The van der Waals surface area contributed by atoms with Gasteiger partial charge in [-0.2, -0.15) is 0 Å². The van der Waals surface area contributed by atoms with Crippen molar-refractivity contribution in [3.05, 3.63) is 29.8 Å². The third-order valence-electron chi connectivity index (χ3n) is 4.07. The molecule has 1 aliphatic rings. The molecule has 0 bridgehead atoms. The van der Waals surface area contributed by atoms with Gasteiger partial charge in [-0.1, -0.05) is 37.8 Å². The van der Waals surface area contributed by atoms with E-state index in [4.69, 9.17) is 5.73 Å². The van der Waals surface area contributed by atoms with E-state index in [0.717, 1.165) is 23.6 Å². The second kappa shape index (κ2) is 6.60. The van der Waals surface area contributed by atoms with Crippen LogP contribution in [0.3, 0.4) is 0 Å². The molecule has 0 unspecified atom stereocenters. The van der Waals surface area contributed by atoms with Gasteiger partial charge in [-0.15, -0.1) is 0 Å². The zero-order valence-corrected chi connectivity index (χ0v) is 11.8. The van der Waals surface area contributed by atoms with Gasteiger partial charge in [0.2, 0.25) is 5.91 Å². The van der Waals surface area contributed by atoms with Gasteiger partial charge < -0.3 is 10.6 Å². The summed E-state index contributed by atoms with van der Waals surface area (Å²) in [6.45, 7) is 0.670. The summed E-state index contributed by atoms with van der Waals surface area (Å²) in [6, 6.07) is 7.73. The van der Waals surface area contributed by atoms with Crippen LogP contribution < -0.4 is 5.73 Å². The molecule has 0 heterocycles. The quantitative estimate of drug-likeness (QED) is 0.826. The zero-order chi connectivity index (χ0) is 13.7. The minimum Gasteiger partial charge on any atom is -0.399 e. The first-order valence-corrected chi connectivity index (χ1v) is 7.23. The van der Waals surface area contributed by atoms with Gasteiger partial charge in [0, 0.05) is 25.7 Å². The minimum atomic E-state index is 0.253. The number of nitrogens with two attached hydrogens (primary N) is 1. The summed E-state index contributed by atoms with van der Waals surface area (Å²) in [7, 11) is 1.88. The summed E-state index contributed by atoms with van der Waals surface area (Å²) in [6.07, 6.45) is 7.07. The number of hydrogen-bond donors (Lipinski definition) is 1. The molecular weight excluding hydrogens is 236 g/mol. The van der Waals surface area contributed by atoms with Crippen LogP contribution in [0.25, 0.3) is 0 Å². The highest BCUT2D eigenvalue weighted by Crippen LogP contribution is 2.28. The molecule has 0 aliphatic heterocycles. The van der Waals surface area contributed by atoms with Crippen LogP contribution in [0.4, 0.5) is 5.69 Å². The van der Waals surface area contributed by atoms with Crippen molar-refractivity contribution in [1.82, 2.24) is 4.90 Å². The van der Waals surface area contributed by atoms with Crippen molar-refractivity contribution in [3.63, 3.8) is 0 Å². The lowest BCUT2D eigenvalue weighted by Gasteiger charge is -2.18. The van der Waals surface area contributed by atoms with E-state index in [2.05, 4.69) is 0 Å². The van der Waals surface area contributed by atoms with E-state index in [1.54, 1.807) is 0 Å². The van der Waals surface area contributed by atoms with Gasteiger partial charge in [-0.25, -0.2) is 0 Å².